The van der Waals surface area contributed by atoms with Gasteiger partial charge in [0, 0.05) is 12.5 Å². The van der Waals surface area contributed by atoms with Gasteiger partial charge >= 0.3 is 0 Å². The molecule has 1 rings (SSSR count). The molecule has 2 heteroatoms. The fraction of sp³-hybridized carbons (Fsp3) is 0.667. The smallest absolute Gasteiger partial charge is 0.103 e. The lowest BCUT2D eigenvalue weighted by atomic mass is 10.1. The second-order valence-electron chi connectivity index (χ2n) is 3.68. The van der Waals surface area contributed by atoms with Gasteiger partial charge in [0.05, 0.1) is 6.26 Å². The van der Waals surface area contributed by atoms with Crippen molar-refractivity contribution in [2.75, 3.05) is 6.54 Å². The molecule has 14 heavy (non-hydrogen) atoms. The van der Waals surface area contributed by atoms with E-state index in [2.05, 4.69) is 19.2 Å². The van der Waals surface area contributed by atoms with Gasteiger partial charge in [-0.05, 0) is 37.9 Å². The predicted octanol–water partition coefficient (Wildman–Crippen LogP) is 2.99. The first-order valence-corrected chi connectivity index (χ1v) is 5.62. The van der Waals surface area contributed by atoms with E-state index in [1.807, 2.05) is 12.1 Å². The Balaban J connectivity index is 2.20. The Hall–Kier alpha value is -0.760. The van der Waals surface area contributed by atoms with Gasteiger partial charge in [-0.2, -0.15) is 0 Å². The molecule has 1 atom stereocenters. The quantitative estimate of drug-likeness (QED) is 0.723. The molecule has 1 unspecified atom stereocenters. The van der Waals surface area contributed by atoms with Crippen molar-refractivity contribution in [1.29, 1.82) is 0 Å². The summed E-state index contributed by atoms with van der Waals surface area (Å²) in [5.41, 5.74) is 0. The zero-order valence-electron chi connectivity index (χ0n) is 9.25. The number of aryl methyl sites for hydroxylation is 1. The third-order valence-corrected chi connectivity index (χ3v) is 2.50. The zero-order valence-corrected chi connectivity index (χ0v) is 9.25. The van der Waals surface area contributed by atoms with E-state index in [1.165, 1.54) is 19.3 Å². The highest BCUT2D eigenvalue weighted by Gasteiger charge is 2.05. The van der Waals surface area contributed by atoms with Crippen LogP contribution in [-0.2, 0) is 6.42 Å². The molecule has 1 aromatic heterocycles. The number of furan rings is 1. The summed E-state index contributed by atoms with van der Waals surface area (Å²) in [6.45, 7) is 5.55. The highest BCUT2D eigenvalue weighted by molar-refractivity contribution is 4.98. The van der Waals surface area contributed by atoms with Crippen LogP contribution in [0.15, 0.2) is 22.8 Å². The lowest BCUT2D eigenvalue weighted by Crippen LogP contribution is -2.29. The third-order valence-electron chi connectivity index (χ3n) is 2.50. The Morgan fingerprint density at radius 1 is 1.43 bits per heavy atom. The topological polar surface area (TPSA) is 25.2 Å². The Morgan fingerprint density at radius 3 is 2.86 bits per heavy atom. The second kappa shape index (κ2) is 6.66. The van der Waals surface area contributed by atoms with Crippen LogP contribution in [-0.4, -0.2) is 12.6 Å². The summed E-state index contributed by atoms with van der Waals surface area (Å²) in [5.74, 6) is 1.10. The molecule has 0 aliphatic heterocycles. The molecule has 0 aliphatic carbocycles. The molecule has 2 nitrogen and oxygen atoms in total. The van der Waals surface area contributed by atoms with Gasteiger partial charge in [-0.15, -0.1) is 0 Å². The van der Waals surface area contributed by atoms with Gasteiger partial charge in [-0.3, -0.25) is 0 Å². The number of rotatable bonds is 7. The maximum atomic E-state index is 5.31. The van der Waals surface area contributed by atoms with Crippen LogP contribution in [0.25, 0.3) is 0 Å². The fourth-order valence-corrected chi connectivity index (χ4v) is 1.57. The van der Waals surface area contributed by atoms with Crippen molar-refractivity contribution in [2.24, 2.45) is 0 Å². The normalized spacial score (nSPS) is 13.0. The van der Waals surface area contributed by atoms with E-state index in [9.17, 15) is 0 Å². The van der Waals surface area contributed by atoms with Crippen LogP contribution in [0.1, 0.15) is 38.9 Å². The SMILES string of the molecule is CCCNC(CC)CCc1ccco1. The van der Waals surface area contributed by atoms with Gasteiger partial charge in [0.25, 0.3) is 0 Å². The summed E-state index contributed by atoms with van der Waals surface area (Å²) < 4.78 is 5.31. The average Bonchev–Trinajstić information content (AvgIpc) is 2.71. The summed E-state index contributed by atoms with van der Waals surface area (Å²) in [4.78, 5) is 0. The van der Waals surface area contributed by atoms with Crippen LogP contribution in [0.3, 0.4) is 0 Å². The molecule has 0 saturated heterocycles. The largest absolute Gasteiger partial charge is 0.469 e. The monoisotopic (exact) mass is 195 g/mol. The first-order valence-electron chi connectivity index (χ1n) is 5.62. The lowest BCUT2D eigenvalue weighted by molar-refractivity contribution is 0.435. The average molecular weight is 195 g/mol. The molecule has 1 heterocycles. The summed E-state index contributed by atoms with van der Waals surface area (Å²) in [5, 5.41) is 3.54. The van der Waals surface area contributed by atoms with Gasteiger partial charge < -0.3 is 9.73 Å². The van der Waals surface area contributed by atoms with E-state index in [1.54, 1.807) is 6.26 Å². The van der Waals surface area contributed by atoms with E-state index >= 15 is 0 Å². The van der Waals surface area contributed by atoms with E-state index in [0.717, 1.165) is 18.7 Å². The van der Waals surface area contributed by atoms with E-state index < -0.39 is 0 Å². The number of hydrogen-bond donors (Lipinski definition) is 1. The first kappa shape index (κ1) is 11.3. The molecule has 0 aromatic carbocycles. The molecule has 1 aromatic rings. The first-order chi connectivity index (χ1) is 6.86. The highest BCUT2D eigenvalue weighted by Crippen LogP contribution is 2.07. The van der Waals surface area contributed by atoms with E-state index in [0.29, 0.717) is 6.04 Å². The molecular formula is C12H21NO. The van der Waals surface area contributed by atoms with Crippen LogP contribution in [0.4, 0.5) is 0 Å². The van der Waals surface area contributed by atoms with Gasteiger partial charge in [0.1, 0.15) is 5.76 Å². The Morgan fingerprint density at radius 2 is 2.29 bits per heavy atom. The molecular weight excluding hydrogens is 174 g/mol. The van der Waals surface area contributed by atoms with Crippen LogP contribution < -0.4 is 5.32 Å². The Kier molecular flexibility index (Phi) is 5.38. The van der Waals surface area contributed by atoms with Gasteiger partial charge in [0.15, 0.2) is 0 Å². The van der Waals surface area contributed by atoms with Crippen molar-refractivity contribution in [3.05, 3.63) is 24.2 Å². The zero-order chi connectivity index (χ0) is 10.2. The van der Waals surface area contributed by atoms with Crippen molar-refractivity contribution in [3.8, 4) is 0 Å². The molecule has 0 saturated carbocycles. The van der Waals surface area contributed by atoms with Gasteiger partial charge in [-0.1, -0.05) is 13.8 Å². The van der Waals surface area contributed by atoms with Crippen LogP contribution in [0.5, 0.6) is 0 Å². The minimum Gasteiger partial charge on any atom is -0.469 e. The highest BCUT2D eigenvalue weighted by atomic mass is 16.3. The van der Waals surface area contributed by atoms with Crippen molar-refractivity contribution in [2.45, 2.75) is 45.6 Å². The van der Waals surface area contributed by atoms with Crippen LogP contribution in [0.2, 0.25) is 0 Å². The molecule has 0 spiro atoms. The molecule has 80 valence electrons. The summed E-state index contributed by atoms with van der Waals surface area (Å²) in [6, 6.07) is 4.64. The maximum Gasteiger partial charge on any atom is 0.103 e. The number of nitrogens with one attached hydrogen (secondary N) is 1. The maximum absolute atomic E-state index is 5.31. The van der Waals surface area contributed by atoms with Crippen LogP contribution >= 0.6 is 0 Å². The molecule has 0 radical (unpaired) electrons. The number of hydrogen-bond acceptors (Lipinski definition) is 2. The van der Waals surface area contributed by atoms with E-state index in [-0.39, 0.29) is 0 Å². The Bertz CT molecular complexity index is 218. The molecule has 0 fully saturated rings. The molecule has 0 amide bonds. The minimum absolute atomic E-state index is 0.639. The summed E-state index contributed by atoms with van der Waals surface area (Å²) in [7, 11) is 0. The van der Waals surface area contributed by atoms with Crippen molar-refractivity contribution >= 4 is 0 Å². The van der Waals surface area contributed by atoms with Crippen LogP contribution in [0, 0.1) is 0 Å². The summed E-state index contributed by atoms with van der Waals surface area (Å²) in [6.07, 6.45) is 6.36. The fourth-order valence-electron chi connectivity index (χ4n) is 1.57. The minimum atomic E-state index is 0.639. The van der Waals surface area contributed by atoms with Crippen molar-refractivity contribution < 1.29 is 4.42 Å². The summed E-state index contributed by atoms with van der Waals surface area (Å²) >= 11 is 0. The molecule has 0 bridgehead atoms. The molecule has 1 N–H and O–H groups in total. The van der Waals surface area contributed by atoms with Gasteiger partial charge in [-0.25, -0.2) is 0 Å². The standard InChI is InChI=1S/C12H21NO/c1-3-9-13-11(4-2)7-8-12-6-5-10-14-12/h5-6,10-11,13H,3-4,7-9H2,1-2H3. The third kappa shape index (κ3) is 3.97. The van der Waals surface area contributed by atoms with Gasteiger partial charge in [0.2, 0.25) is 0 Å². The Labute approximate surface area is 86.7 Å². The lowest BCUT2D eigenvalue weighted by Gasteiger charge is -2.15. The van der Waals surface area contributed by atoms with Crippen molar-refractivity contribution in [3.63, 3.8) is 0 Å². The molecule has 0 aliphatic rings. The second-order valence-corrected chi connectivity index (χ2v) is 3.68. The van der Waals surface area contributed by atoms with Crippen molar-refractivity contribution in [1.82, 2.24) is 5.32 Å². The van der Waals surface area contributed by atoms with E-state index in [4.69, 9.17) is 4.42 Å². The predicted molar refractivity (Wildman–Crippen MR) is 59.4 cm³/mol.